The Morgan fingerprint density at radius 2 is 1.22 bits per heavy atom. The van der Waals surface area contributed by atoms with Gasteiger partial charge in [0.15, 0.2) is 18.9 Å². The van der Waals surface area contributed by atoms with Gasteiger partial charge in [-0.2, -0.15) is 0 Å². The third-order valence-corrected chi connectivity index (χ3v) is 19.5. The first-order chi connectivity index (χ1) is 29.9. The van der Waals surface area contributed by atoms with E-state index < -0.39 is 110 Å². The second kappa shape index (κ2) is 17.5. The van der Waals surface area contributed by atoms with Crippen molar-refractivity contribution >= 4 is 0 Å². The molecule has 4 saturated carbocycles. The number of rotatable bonds is 9. The summed E-state index contributed by atoms with van der Waals surface area (Å²) in [5.41, 5.74) is 1.96. The van der Waals surface area contributed by atoms with Crippen molar-refractivity contribution in [1.29, 1.82) is 0 Å². The largest absolute Gasteiger partial charge is 0.394 e. The molecule has 15 heteroatoms. The zero-order valence-corrected chi connectivity index (χ0v) is 40.0. The number of ether oxygens (including phenoxy) is 7. The number of aliphatic hydroxyl groups is 8. The van der Waals surface area contributed by atoms with Gasteiger partial charge in [0.05, 0.1) is 31.5 Å². The van der Waals surface area contributed by atoms with Crippen LogP contribution in [0.5, 0.6) is 0 Å². The Balaban J connectivity index is 1.06. The van der Waals surface area contributed by atoms with Crippen molar-refractivity contribution in [3.05, 3.63) is 11.6 Å². The number of fused-ring (bicyclic) bond motifs is 7. The lowest BCUT2D eigenvalue weighted by molar-refractivity contribution is -0.393. The van der Waals surface area contributed by atoms with Crippen LogP contribution in [-0.4, -0.2) is 159 Å². The Bertz CT molecular complexity index is 1690. The van der Waals surface area contributed by atoms with E-state index in [-0.39, 0.29) is 27.6 Å². The van der Waals surface area contributed by atoms with Crippen LogP contribution in [-0.2, 0) is 33.2 Å². The molecule has 0 aromatic rings. The van der Waals surface area contributed by atoms with Gasteiger partial charge in [-0.1, -0.05) is 60.1 Å². The lowest BCUT2D eigenvalue weighted by atomic mass is 9.33. The van der Waals surface area contributed by atoms with Gasteiger partial charge < -0.3 is 74.0 Å². The quantitative estimate of drug-likeness (QED) is 0.123. The van der Waals surface area contributed by atoms with Gasteiger partial charge in [0.25, 0.3) is 0 Å². The van der Waals surface area contributed by atoms with E-state index in [0.717, 1.165) is 32.3 Å². The lowest BCUT2D eigenvalue weighted by Crippen LogP contribution is -2.68. The number of hydrogen-bond donors (Lipinski definition) is 8. The zero-order chi connectivity index (χ0) is 46.7. The average Bonchev–Trinajstić information content (AvgIpc) is 3.23. The summed E-state index contributed by atoms with van der Waals surface area (Å²) in [6.45, 7) is 20.3. The molecule has 0 bridgehead atoms. The van der Waals surface area contributed by atoms with Crippen molar-refractivity contribution in [3.63, 3.8) is 0 Å². The molecular formula is C49H82O15. The van der Waals surface area contributed by atoms with Crippen molar-refractivity contribution < 1.29 is 74.0 Å². The Morgan fingerprint density at radius 1 is 0.625 bits per heavy atom. The Kier molecular flexibility index (Phi) is 13.6. The van der Waals surface area contributed by atoms with E-state index in [1.54, 1.807) is 5.57 Å². The van der Waals surface area contributed by atoms with Crippen LogP contribution in [0.4, 0.5) is 0 Å². The average molecular weight is 911 g/mol. The molecule has 8 aliphatic rings. The maximum absolute atomic E-state index is 12.2. The molecule has 0 unspecified atom stereocenters. The first-order valence-corrected chi connectivity index (χ1v) is 24.4. The Labute approximate surface area is 380 Å². The molecule has 8 N–H and O–H groups in total. The minimum Gasteiger partial charge on any atom is -0.394 e. The van der Waals surface area contributed by atoms with Crippen LogP contribution in [0.2, 0.25) is 0 Å². The van der Waals surface area contributed by atoms with Gasteiger partial charge >= 0.3 is 0 Å². The van der Waals surface area contributed by atoms with Gasteiger partial charge in [0.2, 0.25) is 0 Å². The number of methoxy groups -OCH3 is 1. The van der Waals surface area contributed by atoms with Crippen molar-refractivity contribution in [2.75, 3.05) is 20.3 Å². The summed E-state index contributed by atoms with van der Waals surface area (Å²) >= 11 is 0. The minimum atomic E-state index is -1.71. The molecule has 3 saturated heterocycles. The molecule has 5 aliphatic carbocycles. The Hall–Kier alpha value is -0.860. The normalized spacial score (nSPS) is 54.7. The van der Waals surface area contributed by atoms with Crippen molar-refractivity contribution in [1.82, 2.24) is 0 Å². The summed E-state index contributed by atoms with van der Waals surface area (Å²) < 4.78 is 43.3. The predicted octanol–water partition coefficient (Wildman–Crippen LogP) is 3.32. The molecular weight excluding hydrogens is 829 g/mol. The summed E-state index contributed by atoms with van der Waals surface area (Å²) in [6.07, 6.45) is -8.49. The molecule has 3 heterocycles. The molecule has 15 nitrogen and oxygen atoms in total. The number of hydrogen-bond acceptors (Lipinski definition) is 15. The molecule has 8 rings (SSSR count). The minimum absolute atomic E-state index is 0.00697. The van der Waals surface area contributed by atoms with Crippen molar-refractivity contribution in [3.8, 4) is 0 Å². The van der Waals surface area contributed by atoms with Gasteiger partial charge in [-0.05, 0) is 123 Å². The molecule has 3 aliphatic heterocycles. The van der Waals surface area contributed by atoms with Crippen LogP contribution in [0.1, 0.15) is 127 Å². The zero-order valence-electron chi connectivity index (χ0n) is 40.0. The summed E-state index contributed by atoms with van der Waals surface area (Å²) in [4.78, 5) is 0. The van der Waals surface area contributed by atoms with E-state index in [4.69, 9.17) is 33.2 Å². The molecule has 64 heavy (non-hydrogen) atoms. The van der Waals surface area contributed by atoms with Crippen LogP contribution in [0.3, 0.4) is 0 Å². The first-order valence-electron chi connectivity index (χ1n) is 24.4. The smallest absolute Gasteiger partial charge is 0.187 e. The second-order valence-electron chi connectivity index (χ2n) is 23.8. The Morgan fingerprint density at radius 3 is 1.81 bits per heavy atom. The summed E-state index contributed by atoms with van der Waals surface area (Å²) in [7, 11) is 1.87. The van der Waals surface area contributed by atoms with Crippen LogP contribution >= 0.6 is 0 Å². The molecule has 0 aromatic carbocycles. The highest BCUT2D eigenvalue weighted by Gasteiger charge is 2.69. The van der Waals surface area contributed by atoms with Gasteiger partial charge in [-0.25, -0.2) is 0 Å². The fourth-order valence-electron chi connectivity index (χ4n) is 15.3. The second-order valence-corrected chi connectivity index (χ2v) is 23.8. The molecule has 0 radical (unpaired) electrons. The van der Waals surface area contributed by atoms with Gasteiger partial charge in [-0.15, -0.1) is 0 Å². The van der Waals surface area contributed by atoms with Gasteiger partial charge in [0, 0.05) is 12.5 Å². The van der Waals surface area contributed by atoms with Crippen LogP contribution in [0, 0.1) is 50.2 Å². The van der Waals surface area contributed by atoms with E-state index in [1.807, 2.05) is 7.11 Å². The highest BCUT2D eigenvalue weighted by Crippen LogP contribution is 2.76. The van der Waals surface area contributed by atoms with Gasteiger partial charge in [0.1, 0.15) is 61.0 Å². The summed E-state index contributed by atoms with van der Waals surface area (Å²) in [5.74, 6) is 1.24. The van der Waals surface area contributed by atoms with E-state index in [9.17, 15) is 40.9 Å². The molecule has 0 aromatic heterocycles. The van der Waals surface area contributed by atoms with E-state index >= 15 is 0 Å². The third-order valence-electron chi connectivity index (χ3n) is 19.5. The molecule has 0 amide bonds. The fraction of sp³-hybridized carbons (Fsp3) is 0.959. The fourth-order valence-corrected chi connectivity index (χ4v) is 15.3. The first kappa shape index (κ1) is 49.6. The third kappa shape index (κ3) is 7.82. The maximum atomic E-state index is 12.2. The number of aliphatic hydroxyl groups excluding tert-OH is 8. The van der Waals surface area contributed by atoms with Crippen LogP contribution in [0.15, 0.2) is 11.6 Å². The SMILES string of the molecule is COC[C@]12CCC(C)(C)C[C@H]1C1=CC[C@@H]3[C@@]4(C)CC[C@H](O[C@@H]5O[C@H](CO)[C@@H](O[C@@H]6O[C@@H](C)[C@H](O)[C@@H](O)[C@H]6O)[C@H](O)[C@H]5O[C@@H]5O[C@@H](C)[C@H](O)[C@@H](O)[C@H]5O)C(C)(C)[C@@H]4CC[C@@]3(C)[C@]1(C)CC2. The lowest BCUT2D eigenvalue weighted by Gasteiger charge is -2.71. The number of allylic oxidation sites excluding steroid dienone is 2. The van der Waals surface area contributed by atoms with Crippen molar-refractivity contribution in [2.45, 2.75) is 225 Å². The topological polar surface area (TPSA) is 226 Å². The highest BCUT2D eigenvalue weighted by molar-refractivity contribution is 5.34. The standard InChI is InChI=1S/C49H82O15/c1-24-32(51)34(53)36(55)41(59-24)63-39-28(22-50)61-43(40(38(39)57)64-42-37(56)35(54)33(52)25(2)60-42)62-31-14-15-46(7)29(45(31,5)6)13-16-48(9)30(46)12-11-26-27-21-44(3,4)17-19-49(27,23-58-10)20-18-47(26,48)8/h11,24-25,27-43,50-57H,12-23H2,1-10H3/t24-,25-,27-,28+,29-,30+,31-,32-,33-,34+,35+,36+,37+,38-,39+,40+,41-,42-,43-,46-,47+,48+,49+/m0/s1. The summed E-state index contributed by atoms with van der Waals surface area (Å²) in [6, 6.07) is 0. The summed E-state index contributed by atoms with van der Waals surface area (Å²) in [5, 5.41) is 86.8. The maximum Gasteiger partial charge on any atom is 0.187 e. The van der Waals surface area contributed by atoms with Crippen LogP contribution < -0.4 is 0 Å². The molecule has 368 valence electrons. The van der Waals surface area contributed by atoms with Gasteiger partial charge in [-0.3, -0.25) is 0 Å². The van der Waals surface area contributed by atoms with E-state index in [2.05, 4.69) is 54.5 Å². The molecule has 7 fully saturated rings. The van der Waals surface area contributed by atoms with E-state index in [1.165, 1.54) is 46.0 Å². The monoisotopic (exact) mass is 911 g/mol. The molecule has 0 spiro atoms. The molecule has 23 atom stereocenters. The van der Waals surface area contributed by atoms with Crippen molar-refractivity contribution in [2.24, 2.45) is 50.2 Å². The highest BCUT2D eigenvalue weighted by atomic mass is 16.8. The predicted molar refractivity (Wildman–Crippen MR) is 232 cm³/mol. The van der Waals surface area contributed by atoms with E-state index in [0.29, 0.717) is 23.7 Å². The van der Waals surface area contributed by atoms with Crippen LogP contribution in [0.25, 0.3) is 0 Å².